The summed E-state index contributed by atoms with van der Waals surface area (Å²) in [6, 6.07) is 16.2. The number of hydrogen-bond acceptors (Lipinski definition) is 4. The molecule has 2 rings (SSSR count). The molecule has 126 valence electrons. The van der Waals surface area contributed by atoms with E-state index in [1.807, 2.05) is 18.4 Å². The Labute approximate surface area is 145 Å². The van der Waals surface area contributed by atoms with E-state index in [2.05, 4.69) is 10.6 Å². The van der Waals surface area contributed by atoms with Gasteiger partial charge in [-0.25, -0.2) is 0 Å². The van der Waals surface area contributed by atoms with E-state index in [0.29, 0.717) is 11.3 Å². The van der Waals surface area contributed by atoms with Gasteiger partial charge in [0.25, 0.3) is 0 Å². The lowest BCUT2D eigenvalue weighted by Gasteiger charge is -2.24. The van der Waals surface area contributed by atoms with Crippen molar-refractivity contribution in [2.75, 3.05) is 18.1 Å². The molecule has 0 radical (unpaired) electrons. The molecular weight excluding hydrogens is 324 g/mol. The van der Waals surface area contributed by atoms with Gasteiger partial charge in [-0.1, -0.05) is 36.4 Å². The van der Waals surface area contributed by atoms with E-state index in [0.717, 1.165) is 4.90 Å². The van der Waals surface area contributed by atoms with Crippen molar-refractivity contribution in [2.45, 2.75) is 17.4 Å². The lowest BCUT2D eigenvalue weighted by Crippen LogP contribution is -2.43. The van der Waals surface area contributed by atoms with Gasteiger partial charge in [-0.3, -0.25) is 9.59 Å². The van der Waals surface area contributed by atoms with Crippen LogP contribution in [0.2, 0.25) is 0 Å². The Balaban J connectivity index is 1.93. The summed E-state index contributed by atoms with van der Waals surface area (Å²) in [6.07, 6.45) is 1.93. The SMILES string of the molecule is CSc1cccc(NC(=O)C(=O)NC[C@](C)(O)c2ccccc2)c1. The number of anilines is 1. The molecule has 0 bridgehead atoms. The van der Waals surface area contributed by atoms with Gasteiger partial charge in [-0.2, -0.15) is 0 Å². The van der Waals surface area contributed by atoms with Gasteiger partial charge in [-0.15, -0.1) is 11.8 Å². The monoisotopic (exact) mass is 344 g/mol. The van der Waals surface area contributed by atoms with Crippen LogP contribution >= 0.6 is 11.8 Å². The minimum Gasteiger partial charge on any atom is -0.384 e. The van der Waals surface area contributed by atoms with Gasteiger partial charge >= 0.3 is 11.8 Å². The number of amides is 2. The molecule has 2 amide bonds. The molecule has 24 heavy (non-hydrogen) atoms. The first-order chi connectivity index (χ1) is 11.4. The van der Waals surface area contributed by atoms with Crippen molar-refractivity contribution < 1.29 is 14.7 Å². The van der Waals surface area contributed by atoms with Crippen LogP contribution in [0.1, 0.15) is 12.5 Å². The van der Waals surface area contributed by atoms with Crippen LogP contribution in [0.3, 0.4) is 0 Å². The molecule has 5 nitrogen and oxygen atoms in total. The third-order valence-corrected chi connectivity index (χ3v) is 4.25. The molecule has 0 saturated heterocycles. The molecule has 6 heteroatoms. The summed E-state index contributed by atoms with van der Waals surface area (Å²) in [5.74, 6) is -1.56. The van der Waals surface area contributed by atoms with Crippen molar-refractivity contribution in [3.63, 3.8) is 0 Å². The summed E-state index contributed by atoms with van der Waals surface area (Å²) in [7, 11) is 0. The van der Waals surface area contributed by atoms with E-state index < -0.39 is 17.4 Å². The Morgan fingerprint density at radius 2 is 1.79 bits per heavy atom. The Morgan fingerprint density at radius 3 is 2.46 bits per heavy atom. The van der Waals surface area contributed by atoms with Crippen LogP contribution in [-0.2, 0) is 15.2 Å². The predicted molar refractivity (Wildman–Crippen MR) is 95.9 cm³/mol. The van der Waals surface area contributed by atoms with Gasteiger partial charge < -0.3 is 15.7 Å². The molecule has 1 atom stereocenters. The highest BCUT2D eigenvalue weighted by Crippen LogP contribution is 2.20. The highest BCUT2D eigenvalue weighted by molar-refractivity contribution is 7.98. The zero-order valence-corrected chi connectivity index (χ0v) is 14.4. The maximum absolute atomic E-state index is 12.0. The Morgan fingerprint density at radius 1 is 1.08 bits per heavy atom. The lowest BCUT2D eigenvalue weighted by atomic mass is 9.96. The maximum Gasteiger partial charge on any atom is 0.313 e. The van der Waals surface area contributed by atoms with Crippen molar-refractivity contribution in [3.05, 3.63) is 60.2 Å². The number of thioether (sulfide) groups is 1. The standard InChI is InChI=1S/C18H20N2O3S/c1-18(23,13-7-4-3-5-8-13)12-19-16(21)17(22)20-14-9-6-10-15(11-14)24-2/h3-11,23H,12H2,1-2H3,(H,19,21)(H,20,22)/t18-/m0/s1. The van der Waals surface area contributed by atoms with Crippen molar-refractivity contribution in [1.29, 1.82) is 0 Å². The van der Waals surface area contributed by atoms with Crippen molar-refractivity contribution >= 4 is 29.3 Å². The van der Waals surface area contributed by atoms with E-state index in [-0.39, 0.29) is 6.54 Å². The summed E-state index contributed by atoms with van der Waals surface area (Å²) >= 11 is 1.54. The van der Waals surface area contributed by atoms with Crippen LogP contribution in [0.25, 0.3) is 0 Å². The molecule has 0 aliphatic carbocycles. The van der Waals surface area contributed by atoms with Gasteiger partial charge in [0, 0.05) is 10.6 Å². The molecule has 0 spiro atoms. The molecule has 0 heterocycles. The predicted octanol–water partition coefficient (Wildman–Crippen LogP) is 2.37. The third-order valence-electron chi connectivity index (χ3n) is 3.52. The molecular formula is C18H20N2O3S. The molecule has 0 aliphatic heterocycles. The smallest absolute Gasteiger partial charge is 0.313 e. The number of hydrogen-bond donors (Lipinski definition) is 3. The number of rotatable bonds is 5. The van der Waals surface area contributed by atoms with Crippen LogP contribution in [0, 0.1) is 0 Å². The van der Waals surface area contributed by atoms with Gasteiger partial charge in [0.1, 0.15) is 5.60 Å². The van der Waals surface area contributed by atoms with E-state index in [1.54, 1.807) is 61.2 Å². The zero-order chi connectivity index (χ0) is 17.6. The minimum absolute atomic E-state index is 0.0614. The first-order valence-corrected chi connectivity index (χ1v) is 8.66. The molecule has 3 N–H and O–H groups in total. The quantitative estimate of drug-likeness (QED) is 0.575. The second-order valence-electron chi connectivity index (χ2n) is 5.51. The fraction of sp³-hybridized carbons (Fsp3) is 0.222. The summed E-state index contributed by atoms with van der Waals surface area (Å²) in [5, 5.41) is 15.4. The Kier molecular flexibility index (Phi) is 6.00. The van der Waals surface area contributed by atoms with E-state index in [4.69, 9.17) is 0 Å². The van der Waals surface area contributed by atoms with Crippen LogP contribution in [0.4, 0.5) is 5.69 Å². The normalized spacial score (nSPS) is 13.0. The molecule has 0 unspecified atom stereocenters. The fourth-order valence-electron chi connectivity index (χ4n) is 2.12. The summed E-state index contributed by atoms with van der Waals surface area (Å²) in [4.78, 5) is 24.9. The van der Waals surface area contributed by atoms with Crippen LogP contribution in [0.5, 0.6) is 0 Å². The molecule has 0 saturated carbocycles. The highest BCUT2D eigenvalue weighted by Gasteiger charge is 2.25. The van der Waals surface area contributed by atoms with Crippen molar-refractivity contribution in [1.82, 2.24) is 5.32 Å². The Hall–Kier alpha value is -2.31. The number of nitrogens with one attached hydrogen (secondary N) is 2. The number of carbonyl (C=O) groups excluding carboxylic acids is 2. The third kappa shape index (κ3) is 4.84. The van der Waals surface area contributed by atoms with Gasteiger partial charge in [0.05, 0.1) is 6.54 Å². The average Bonchev–Trinajstić information content (AvgIpc) is 2.60. The van der Waals surface area contributed by atoms with Crippen LogP contribution in [0.15, 0.2) is 59.5 Å². The molecule has 0 aromatic heterocycles. The largest absolute Gasteiger partial charge is 0.384 e. The second kappa shape index (κ2) is 7.99. The second-order valence-corrected chi connectivity index (χ2v) is 6.39. The minimum atomic E-state index is -1.25. The first-order valence-electron chi connectivity index (χ1n) is 7.43. The molecule has 0 aliphatic rings. The number of benzene rings is 2. The molecule has 0 fully saturated rings. The summed E-state index contributed by atoms with van der Waals surface area (Å²) < 4.78 is 0. The summed E-state index contributed by atoms with van der Waals surface area (Å²) in [6.45, 7) is 1.52. The molecule has 2 aromatic rings. The van der Waals surface area contributed by atoms with Gasteiger partial charge in [0.2, 0.25) is 0 Å². The topological polar surface area (TPSA) is 78.4 Å². The number of aliphatic hydroxyl groups is 1. The highest BCUT2D eigenvalue weighted by atomic mass is 32.2. The van der Waals surface area contributed by atoms with Crippen molar-refractivity contribution in [2.24, 2.45) is 0 Å². The lowest BCUT2D eigenvalue weighted by molar-refractivity contribution is -0.136. The van der Waals surface area contributed by atoms with E-state index >= 15 is 0 Å². The average molecular weight is 344 g/mol. The van der Waals surface area contributed by atoms with E-state index in [1.165, 1.54) is 0 Å². The Bertz CT molecular complexity index is 717. The molecule has 2 aromatic carbocycles. The van der Waals surface area contributed by atoms with Gasteiger partial charge in [0.15, 0.2) is 0 Å². The zero-order valence-electron chi connectivity index (χ0n) is 13.6. The van der Waals surface area contributed by atoms with Crippen molar-refractivity contribution in [3.8, 4) is 0 Å². The van der Waals surface area contributed by atoms with Crippen LogP contribution < -0.4 is 10.6 Å². The fourth-order valence-corrected chi connectivity index (χ4v) is 2.58. The van der Waals surface area contributed by atoms with E-state index in [9.17, 15) is 14.7 Å². The summed E-state index contributed by atoms with van der Waals surface area (Å²) in [5.41, 5.74) is -0.0362. The van der Waals surface area contributed by atoms with Crippen LogP contribution in [-0.4, -0.2) is 29.7 Å². The number of carbonyl (C=O) groups is 2. The first kappa shape index (κ1) is 18.0. The maximum atomic E-state index is 12.0. The van der Waals surface area contributed by atoms with Gasteiger partial charge in [-0.05, 0) is 36.9 Å².